The van der Waals surface area contributed by atoms with Crippen molar-refractivity contribution in [1.82, 2.24) is 4.90 Å². The fraction of sp³-hybridized carbons (Fsp3) is 1.00. The second-order valence-electron chi connectivity index (χ2n) is 8.47. The van der Waals surface area contributed by atoms with Crippen LogP contribution >= 0.6 is 11.6 Å². The number of aliphatic hydroxyl groups excluding tert-OH is 1. The van der Waals surface area contributed by atoms with Crippen molar-refractivity contribution in [3.8, 4) is 0 Å². The van der Waals surface area contributed by atoms with Crippen LogP contribution in [-0.4, -0.2) is 40.6 Å². The molecular formula is C24H50ClNO. The Morgan fingerprint density at radius 2 is 1.15 bits per heavy atom. The first kappa shape index (κ1) is 27.2. The summed E-state index contributed by atoms with van der Waals surface area (Å²) in [5, 5.41) is 10.0. The standard InChI is InChI=1S/C24H50ClNO/c1-5-8-9-10-11-12-13-14-15-16-17-18-19-23(25)21-24(20-22(4)27)26(6-2)7-3/h22-24,27H,5-21H2,1-4H3. The van der Waals surface area contributed by atoms with Gasteiger partial charge in [0.2, 0.25) is 0 Å². The molecule has 0 heterocycles. The Bertz CT molecular complexity index is 294. The Balaban J connectivity index is 3.67. The average molecular weight is 404 g/mol. The van der Waals surface area contributed by atoms with Crippen LogP contribution in [0.1, 0.15) is 124 Å². The number of halogens is 1. The van der Waals surface area contributed by atoms with Crippen LogP contribution < -0.4 is 0 Å². The van der Waals surface area contributed by atoms with Crippen molar-refractivity contribution in [2.24, 2.45) is 0 Å². The smallest absolute Gasteiger partial charge is 0.0527 e. The van der Waals surface area contributed by atoms with Crippen molar-refractivity contribution in [2.75, 3.05) is 13.1 Å². The zero-order valence-corrected chi connectivity index (χ0v) is 19.8. The van der Waals surface area contributed by atoms with E-state index >= 15 is 0 Å². The van der Waals surface area contributed by atoms with E-state index in [2.05, 4.69) is 25.7 Å². The molecule has 0 spiro atoms. The second-order valence-corrected chi connectivity index (χ2v) is 9.09. The molecular weight excluding hydrogens is 354 g/mol. The van der Waals surface area contributed by atoms with Crippen molar-refractivity contribution in [2.45, 2.75) is 142 Å². The van der Waals surface area contributed by atoms with Gasteiger partial charge in [0.1, 0.15) is 0 Å². The van der Waals surface area contributed by atoms with E-state index in [9.17, 15) is 5.11 Å². The number of hydrogen-bond donors (Lipinski definition) is 1. The Labute approximate surface area is 176 Å². The Hall–Kier alpha value is 0.210. The highest BCUT2D eigenvalue weighted by Gasteiger charge is 2.21. The number of rotatable bonds is 20. The van der Waals surface area contributed by atoms with Gasteiger partial charge >= 0.3 is 0 Å². The minimum atomic E-state index is -0.244. The second kappa shape index (κ2) is 19.5. The highest BCUT2D eigenvalue weighted by Crippen LogP contribution is 2.21. The number of nitrogens with zero attached hydrogens (tertiary/aromatic N) is 1. The van der Waals surface area contributed by atoms with Gasteiger partial charge in [-0.2, -0.15) is 0 Å². The molecule has 0 aromatic heterocycles. The molecule has 0 aromatic rings. The molecule has 0 fully saturated rings. The van der Waals surface area contributed by atoms with E-state index in [0.717, 1.165) is 32.4 Å². The molecule has 1 N–H and O–H groups in total. The summed E-state index contributed by atoms with van der Waals surface area (Å²) in [7, 11) is 0. The van der Waals surface area contributed by atoms with Crippen LogP contribution in [0.3, 0.4) is 0 Å². The molecule has 0 rings (SSSR count). The molecule has 2 nitrogen and oxygen atoms in total. The van der Waals surface area contributed by atoms with Gasteiger partial charge in [-0.05, 0) is 39.3 Å². The summed E-state index contributed by atoms with van der Waals surface area (Å²) in [6.07, 6.45) is 19.4. The fourth-order valence-corrected chi connectivity index (χ4v) is 4.51. The predicted molar refractivity (Wildman–Crippen MR) is 123 cm³/mol. The molecule has 0 saturated carbocycles. The number of alkyl halides is 1. The van der Waals surface area contributed by atoms with Crippen molar-refractivity contribution < 1.29 is 5.11 Å². The van der Waals surface area contributed by atoms with Gasteiger partial charge in [0, 0.05) is 11.4 Å². The summed E-state index contributed by atoms with van der Waals surface area (Å²) in [5.74, 6) is 0. The zero-order valence-electron chi connectivity index (χ0n) is 19.0. The molecule has 0 aromatic carbocycles. The van der Waals surface area contributed by atoms with E-state index in [1.54, 1.807) is 0 Å². The van der Waals surface area contributed by atoms with Crippen LogP contribution in [0.25, 0.3) is 0 Å². The van der Waals surface area contributed by atoms with Crippen molar-refractivity contribution >= 4 is 11.6 Å². The highest BCUT2D eigenvalue weighted by atomic mass is 35.5. The van der Waals surface area contributed by atoms with Crippen LogP contribution in [0.2, 0.25) is 0 Å². The van der Waals surface area contributed by atoms with Crippen molar-refractivity contribution in [1.29, 1.82) is 0 Å². The van der Waals surface area contributed by atoms with Gasteiger partial charge in [-0.3, -0.25) is 0 Å². The number of unbranched alkanes of at least 4 members (excludes halogenated alkanes) is 11. The molecule has 3 unspecified atom stereocenters. The summed E-state index contributed by atoms with van der Waals surface area (Å²) in [6.45, 7) is 10.7. The van der Waals surface area contributed by atoms with Crippen LogP contribution in [0.4, 0.5) is 0 Å². The maximum atomic E-state index is 9.79. The van der Waals surface area contributed by atoms with Gasteiger partial charge in [0.05, 0.1) is 6.10 Å². The molecule has 0 aliphatic carbocycles. The summed E-state index contributed by atoms with van der Waals surface area (Å²) in [6, 6.07) is 0.417. The van der Waals surface area contributed by atoms with E-state index in [1.165, 1.54) is 77.0 Å². The molecule has 0 aliphatic rings. The molecule has 164 valence electrons. The first-order chi connectivity index (χ1) is 13.0. The SMILES string of the molecule is CCCCCCCCCCCCCCC(Cl)CC(CC(C)O)N(CC)CC. The average Bonchev–Trinajstić information content (AvgIpc) is 2.63. The molecule has 3 atom stereocenters. The van der Waals surface area contributed by atoms with Crippen LogP contribution in [0.5, 0.6) is 0 Å². The third-order valence-corrected chi connectivity index (χ3v) is 6.24. The van der Waals surface area contributed by atoms with Crippen LogP contribution in [0.15, 0.2) is 0 Å². The van der Waals surface area contributed by atoms with E-state index in [1.807, 2.05) is 6.92 Å². The molecule has 0 radical (unpaired) electrons. The lowest BCUT2D eigenvalue weighted by atomic mass is 9.99. The van der Waals surface area contributed by atoms with Gasteiger partial charge in [0.25, 0.3) is 0 Å². The van der Waals surface area contributed by atoms with E-state index in [0.29, 0.717) is 6.04 Å². The van der Waals surface area contributed by atoms with Gasteiger partial charge < -0.3 is 10.0 Å². The summed E-state index contributed by atoms with van der Waals surface area (Å²) in [4.78, 5) is 2.45. The van der Waals surface area contributed by atoms with E-state index in [4.69, 9.17) is 11.6 Å². The fourth-order valence-electron chi connectivity index (χ4n) is 4.15. The minimum Gasteiger partial charge on any atom is -0.393 e. The normalized spacial score (nSPS) is 15.2. The van der Waals surface area contributed by atoms with Crippen LogP contribution in [-0.2, 0) is 0 Å². The first-order valence-corrected chi connectivity index (χ1v) is 12.5. The monoisotopic (exact) mass is 403 g/mol. The molecule has 27 heavy (non-hydrogen) atoms. The Morgan fingerprint density at radius 1 is 0.704 bits per heavy atom. The summed E-state index contributed by atoms with van der Waals surface area (Å²) >= 11 is 6.64. The van der Waals surface area contributed by atoms with Gasteiger partial charge in [-0.15, -0.1) is 11.6 Å². The predicted octanol–water partition coefficient (Wildman–Crippen LogP) is 7.56. The van der Waals surface area contributed by atoms with E-state index in [-0.39, 0.29) is 11.5 Å². The van der Waals surface area contributed by atoms with Gasteiger partial charge in [-0.1, -0.05) is 97.8 Å². The molecule has 0 amide bonds. The van der Waals surface area contributed by atoms with Gasteiger partial charge in [-0.25, -0.2) is 0 Å². The lowest BCUT2D eigenvalue weighted by molar-refractivity contribution is 0.112. The molecule has 0 saturated heterocycles. The van der Waals surface area contributed by atoms with Crippen molar-refractivity contribution in [3.63, 3.8) is 0 Å². The first-order valence-electron chi connectivity index (χ1n) is 12.1. The molecule has 0 aliphatic heterocycles. The largest absolute Gasteiger partial charge is 0.393 e. The summed E-state index contributed by atoms with van der Waals surface area (Å²) < 4.78 is 0. The maximum Gasteiger partial charge on any atom is 0.0527 e. The zero-order chi connectivity index (χ0) is 20.3. The van der Waals surface area contributed by atoms with Crippen LogP contribution in [0, 0.1) is 0 Å². The third-order valence-electron chi connectivity index (χ3n) is 5.84. The Kier molecular flexibility index (Phi) is 19.7. The Morgan fingerprint density at radius 3 is 1.56 bits per heavy atom. The van der Waals surface area contributed by atoms with Gasteiger partial charge in [0.15, 0.2) is 0 Å². The molecule has 3 heteroatoms. The number of aliphatic hydroxyl groups is 1. The molecule has 0 bridgehead atoms. The maximum absolute atomic E-state index is 9.79. The lowest BCUT2D eigenvalue weighted by Gasteiger charge is -2.32. The third kappa shape index (κ3) is 16.8. The minimum absolute atomic E-state index is 0.244. The quantitative estimate of drug-likeness (QED) is 0.167. The lowest BCUT2D eigenvalue weighted by Crippen LogP contribution is -2.38. The van der Waals surface area contributed by atoms with Crippen molar-refractivity contribution in [3.05, 3.63) is 0 Å². The number of hydrogen-bond acceptors (Lipinski definition) is 2. The highest BCUT2D eigenvalue weighted by molar-refractivity contribution is 6.20. The summed E-state index contributed by atoms with van der Waals surface area (Å²) in [5.41, 5.74) is 0. The topological polar surface area (TPSA) is 23.5 Å². The van der Waals surface area contributed by atoms with E-state index < -0.39 is 0 Å².